The Hall–Kier alpha value is -2.95. The van der Waals surface area contributed by atoms with Crippen LogP contribution in [0.1, 0.15) is 17.4 Å². The fourth-order valence-electron chi connectivity index (χ4n) is 2.75. The van der Waals surface area contributed by atoms with Crippen molar-refractivity contribution in [3.63, 3.8) is 0 Å². The van der Waals surface area contributed by atoms with Crippen LogP contribution in [0.3, 0.4) is 0 Å². The standard InChI is InChI=1S/C18H9ClF4N2O4/c19-11-5-7(17(26)27)1-2-8(11)15-24-16(29-25-15)13-6-9-10(18(21,22)23)3-4-12(20)14(9)28-13/h1-6,17,26-27H. The summed E-state index contributed by atoms with van der Waals surface area (Å²) < 4.78 is 63.6. The van der Waals surface area contributed by atoms with E-state index in [9.17, 15) is 17.6 Å². The molecule has 0 amide bonds. The van der Waals surface area contributed by atoms with Gasteiger partial charge in [0, 0.05) is 16.5 Å². The molecule has 0 fully saturated rings. The number of fused-ring (bicyclic) bond motifs is 1. The van der Waals surface area contributed by atoms with E-state index in [1.165, 1.54) is 18.2 Å². The lowest BCUT2D eigenvalue weighted by atomic mass is 10.1. The SMILES string of the molecule is OC(O)c1ccc(-c2noc(-c3cc4c(C(F)(F)F)ccc(F)c4o3)n2)c(Cl)c1. The highest BCUT2D eigenvalue weighted by Gasteiger charge is 2.34. The van der Waals surface area contributed by atoms with Crippen LogP contribution in [0, 0.1) is 5.82 Å². The maximum atomic E-state index is 13.9. The Balaban J connectivity index is 1.77. The normalized spacial score (nSPS) is 12.3. The minimum atomic E-state index is -4.71. The first-order valence-electron chi connectivity index (χ1n) is 7.94. The van der Waals surface area contributed by atoms with Crippen molar-refractivity contribution >= 4 is 22.6 Å². The van der Waals surface area contributed by atoms with Crippen LogP contribution in [0.4, 0.5) is 17.6 Å². The molecular weight excluding hydrogens is 420 g/mol. The largest absolute Gasteiger partial charge is 0.448 e. The first-order chi connectivity index (χ1) is 13.6. The van der Waals surface area contributed by atoms with Crippen molar-refractivity contribution in [3.8, 4) is 23.0 Å². The predicted octanol–water partition coefficient (Wildman–Crippen LogP) is 4.94. The summed E-state index contributed by atoms with van der Waals surface area (Å²) in [6.45, 7) is 0. The predicted molar refractivity (Wildman–Crippen MR) is 92.1 cm³/mol. The van der Waals surface area contributed by atoms with Gasteiger partial charge < -0.3 is 19.2 Å². The monoisotopic (exact) mass is 428 g/mol. The van der Waals surface area contributed by atoms with Crippen molar-refractivity contribution in [2.45, 2.75) is 12.5 Å². The Morgan fingerprint density at radius 3 is 2.48 bits per heavy atom. The maximum absolute atomic E-state index is 13.9. The number of aliphatic hydroxyl groups is 2. The Labute approximate surface area is 163 Å². The lowest BCUT2D eigenvalue weighted by Crippen LogP contribution is -2.05. The second-order valence-electron chi connectivity index (χ2n) is 5.98. The van der Waals surface area contributed by atoms with E-state index in [1.807, 2.05) is 0 Å². The Morgan fingerprint density at radius 1 is 1.07 bits per heavy atom. The summed E-state index contributed by atoms with van der Waals surface area (Å²) in [6, 6.07) is 6.30. The average molecular weight is 429 g/mol. The number of furan rings is 1. The highest BCUT2D eigenvalue weighted by atomic mass is 35.5. The second kappa shape index (κ2) is 6.83. The van der Waals surface area contributed by atoms with Crippen molar-refractivity contribution in [3.05, 3.63) is 58.4 Å². The number of rotatable bonds is 3. The first kappa shape index (κ1) is 19.4. The number of alkyl halides is 3. The number of nitrogens with zero attached hydrogens (tertiary/aromatic N) is 2. The third-order valence-electron chi connectivity index (χ3n) is 4.11. The van der Waals surface area contributed by atoms with Crippen molar-refractivity contribution in [2.75, 3.05) is 0 Å². The Morgan fingerprint density at radius 2 is 1.83 bits per heavy atom. The summed E-state index contributed by atoms with van der Waals surface area (Å²) in [6.07, 6.45) is -6.43. The highest BCUT2D eigenvalue weighted by Crippen LogP contribution is 2.39. The van der Waals surface area contributed by atoms with Crippen LogP contribution in [0.5, 0.6) is 0 Å². The molecular formula is C18H9ClF4N2O4. The van der Waals surface area contributed by atoms with Crippen LogP contribution in [-0.2, 0) is 6.18 Å². The van der Waals surface area contributed by atoms with Gasteiger partial charge in [0.05, 0.1) is 10.6 Å². The van der Waals surface area contributed by atoms with E-state index in [-0.39, 0.29) is 33.6 Å². The molecule has 0 spiro atoms. The van der Waals surface area contributed by atoms with E-state index in [4.69, 9.17) is 30.8 Å². The highest BCUT2D eigenvalue weighted by molar-refractivity contribution is 6.33. The second-order valence-corrected chi connectivity index (χ2v) is 6.39. The first-order valence-corrected chi connectivity index (χ1v) is 8.32. The smallest absolute Gasteiger partial charge is 0.417 e. The van der Waals surface area contributed by atoms with Crippen LogP contribution >= 0.6 is 11.6 Å². The lowest BCUT2D eigenvalue weighted by molar-refractivity contribution is -0.136. The average Bonchev–Trinajstić information content (AvgIpc) is 3.28. The molecule has 11 heteroatoms. The molecule has 0 aliphatic rings. The van der Waals surface area contributed by atoms with Gasteiger partial charge in [-0.25, -0.2) is 4.39 Å². The molecule has 29 heavy (non-hydrogen) atoms. The zero-order valence-corrected chi connectivity index (χ0v) is 14.8. The van der Waals surface area contributed by atoms with E-state index < -0.39 is 34.8 Å². The van der Waals surface area contributed by atoms with E-state index in [0.29, 0.717) is 12.1 Å². The molecule has 0 aliphatic heterocycles. The summed E-state index contributed by atoms with van der Waals surface area (Å²) in [5.41, 5.74) is -1.25. The molecule has 0 saturated carbocycles. The van der Waals surface area contributed by atoms with E-state index in [0.717, 1.165) is 6.07 Å². The molecule has 0 unspecified atom stereocenters. The van der Waals surface area contributed by atoms with Crippen LogP contribution in [-0.4, -0.2) is 20.4 Å². The molecule has 0 saturated heterocycles. The molecule has 150 valence electrons. The van der Waals surface area contributed by atoms with Crippen molar-refractivity contribution in [2.24, 2.45) is 0 Å². The molecule has 2 aromatic carbocycles. The molecule has 4 aromatic rings. The van der Waals surface area contributed by atoms with Gasteiger partial charge in [-0.1, -0.05) is 22.8 Å². The van der Waals surface area contributed by atoms with Gasteiger partial charge in [0.25, 0.3) is 5.89 Å². The van der Waals surface area contributed by atoms with Crippen LogP contribution in [0.25, 0.3) is 34.0 Å². The maximum Gasteiger partial charge on any atom is 0.417 e. The van der Waals surface area contributed by atoms with Gasteiger partial charge in [0.15, 0.2) is 23.5 Å². The molecule has 0 atom stereocenters. The van der Waals surface area contributed by atoms with E-state index in [2.05, 4.69) is 10.1 Å². The van der Waals surface area contributed by atoms with Gasteiger partial charge in [-0.2, -0.15) is 18.2 Å². The Kier molecular flexibility index (Phi) is 4.56. The molecule has 4 rings (SSSR count). The Bertz CT molecular complexity index is 1220. The van der Waals surface area contributed by atoms with Gasteiger partial charge in [-0.3, -0.25) is 0 Å². The third-order valence-corrected chi connectivity index (χ3v) is 4.42. The topological polar surface area (TPSA) is 92.5 Å². The number of halogens is 5. The van der Waals surface area contributed by atoms with E-state index >= 15 is 0 Å². The zero-order chi connectivity index (χ0) is 20.9. The number of aliphatic hydroxyl groups excluding tert-OH is 1. The van der Waals surface area contributed by atoms with Crippen molar-refractivity contribution in [1.82, 2.24) is 10.1 Å². The number of aromatic nitrogens is 2. The quantitative estimate of drug-likeness (QED) is 0.354. The number of hydrogen-bond donors (Lipinski definition) is 2. The summed E-state index contributed by atoms with van der Waals surface area (Å²) in [5, 5.41) is 21.6. The summed E-state index contributed by atoms with van der Waals surface area (Å²) in [5.74, 6) is -1.54. The van der Waals surface area contributed by atoms with Crippen LogP contribution in [0.15, 0.2) is 45.3 Å². The lowest BCUT2D eigenvalue weighted by Gasteiger charge is -2.06. The summed E-state index contributed by atoms with van der Waals surface area (Å²) in [4.78, 5) is 4.02. The minimum absolute atomic E-state index is 0.0269. The van der Waals surface area contributed by atoms with Gasteiger partial charge in [-0.15, -0.1) is 0 Å². The molecule has 0 aliphatic carbocycles. The molecule has 2 aromatic heterocycles. The molecule has 2 heterocycles. The molecule has 6 nitrogen and oxygen atoms in total. The van der Waals surface area contributed by atoms with Crippen LogP contribution < -0.4 is 0 Å². The molecule has 2 N–H and O–H groups in total. The number of benzene rings is 2. The van der Waals surface area contributed by atoms with E-state index in [1.54, 1.807) is 0 Å². The van der Waals surface area contributed by atoms with Crippen molar-refractivity contribution < 1.29 is 36.7 Å². The minimum Gasteiger partial charge on any atom is -0.448 e. The molecule has 0 bridgehead atoms. The fraction of sp³-hybridized carbons (Fsp3) is 0.111. The van der Waals surface area contributed by atoms with Crippen LogP contribution in [0.2, 0.25) is 5.02 Å². The summed E-state index contributed by atoms with van der Waals surface area (Å²) in [7, 11) is 0. The number of hydrogen-bond acceptors (Lipinski definition) is 6. The van der Waals surface area contributed by atoms with Gasteiger partial charge in [-0.05, 0) is 30.3 Å². The fourth-order valence-corrected chi connectivity index (χ4v) is 3.02. The summed E-state index contributed by atoms with van der Waals surface area (Å²) >= 11 is 6.08. The molecule has 0 radical (unpaired) electrons. The van der Waals surface area contributed by atoms with Gasteiger partial charge in [0.2, 0.25) is 5.82 Å². The van der Waals surface area contributed by atoms with Gasteiger partial charge >= 0.3 is 6.18 Å². The third kappa shape index (κ3) is 3.46. The van der Waals surface area contributed by atoms with Crippen molar-refractivity contribution in [1.29, 1.82) is 0 Å². The van der Waals surface area contributed by atoms with Gasteiger partial charge in [0.1, 0.15) is 0 Å². The zero-order valence-electron chi connectivity index (χ0n) is 14.0.